The predicted octanol–water partition coefficient (Wildman–Crippen LogP) is 3.56. The fourth-order valence-electron chi connectivity index (χ4n) is 2.36. The molecule has 2 amide bonds. The minimum absolute atomic E-state index is 0.200. The van der Waals surface area contributed by atoms with Gasteiger partial charge in [0.15, 0.2) is 0 Å². The first-order valence-corrected chi connectivity index (χ1v) is 7.64. The van der Waals surface area contributed by atoms with Crippen LogP contribution in [0.2, 0.25) is 0 Å². The molecule has 0 atom stereocenters. The molecule has 0 saturated carbocycles. The summed E-state index contributed by atoms with van der Waals surface area (Å²) in [6, 6.07) is 4.36. The Bertz CT molecular complexity index is 681. The van der Waals surface area contributed by atoms with E-state index in [1.807, 2.05) is 13.2 Å². The van der Waals surface area contributed by atoms with Gasteiger partial charge in [-0.25, -0.2) is 9.18 Å². The summed E-state index contributed by atoms with van der Waals surface area (Å²) in [7, 11) is 1.84. The minimum atomic E-state index is -0.280. The predicted molar refractivity (Wildman–Crippen MR) is 88.6 cm³/mol. The lowest BCUT2D eigenvalue weighted by molar-refractivity contribution is 0.201. The molecule has 0 bridgehead atoms. The van der Waals surface area contributed by atoms with Crippen molar-refractivity contribution in [3.05, 3.63) is 47.5 Å². The molecule has 2 aromatic rings. The molecule has 0 aliphatic carbocycles. The largest absolute Gasteiger partial charge is 0.322 e. The maximum atomic E-state index is 13.3. The van der Waals surface area contributed by atoms with Crippen molar-refractivity contribution in [1.29, 1.82) is 0 Å². The first-order chi connectivity index (χ1) is 10.8. The third-order valence-electron chi connectivity index (χ3n) is 3.41. The highest BCUT2D eigenvalue weighted by Gasteiger charge is 2.16. The maximum Gasteiger partial charge on any atom is 0.322 e. The van der Waals surface area contributed by atoms with E-state index in [-0.39, 0.29) is 11.8 Å². The quantitative estimate of drug-likeness (QED) is 0.916. The normalized spacial score (nSPS) is 10.9. The van der Waals surface area contributed by atoms with E-state index in [1.165, 1.54) is 6.07 Å². The van der Waals surface area contributed by atoms with Crippen LogP contribution in [0.25, 0.3) is 0 Å². The summed E-state index contributed by atoms with van der Waals surface area (Å²) >= 11 is 0. The van der Waals surface area contributed by atoms with Gasteiger partial charge in [-0.2, -0.15) is 5.10 Å². The van der Waals surface area contributed by atoms with Gasteiger partial charge in [-0.15, -0.1) is 0 Å². The topological polar surface area (TPSA) is 50.2 Å². The summed E-state index contributed by atoms with van der Waals surface area (Å²) in [6.07, 6.45) is 3.64. The zero-order chi connectivity index (χ0) is 17.0. The average Bonchev–Trinajstić information content (AvgIpc) is 2.87. The molecule has 0 fully saturated rings. The molecule has 124 valence electrons. The molecule has 5 nitrogen and oxygen atoms in total. The molecule has 0 aliphatic heterocycles. The van der Waals surface area contributed by atoms with Gasteiger partial charge in [0.2, 0.25) is 0 Å². The van der Waals surface area contributed by atoms with E-state index in [4.69, 9.17) is 0 Å². The van der Waals surface area contributed by atoms with Gasteiger partial charge in [0.25, 0.3) is 0 Å². The Morgan fingerprint density at radius 3 is 2.74 bits per heavy atom. The van der Waals surface area contributed by atoms with Gasteiger partial charge in [0.05, 0.1) is 12.7 Å². The Labute approximate surface area is 136 Å². The number of aryl methyl sites for hydroxylation is 2. The van der Waals surface area contributed by atoms with Crippen LogP contribution >= 0.6 is 0 Å². The van der Waals surface area contributed by atoms with E-state index < -0.39 is 0 Å². The summed E-state index contributed by atoms with van der Waals surface area (Å²) in [4.78, 5) is 14.3. The van der Waals surface area contributed by atoms with Crippen molar-refractivity contribution < 1.29 is 9.18 Å². The Kier molecular flexibility index (Phi) is 5.36. The smallest absolute Gasteiger partial charge is 0.320 e. The summed E-state index contributed by atoms with van der Waals surface area (Å²) in [5, 5.41) is 6.97. The van der Waals surface area contributed by atoms with Crippen LogP contribution in [-0.2, 0) is 13.6 Å². The minimum Gasteiger partial charge on any atom is -0.320 e. The summed E-state index contributed by atoms with van der Waals surface area (Å²) in [6.45, 7) is 6.91. The van der Waals surface area contributed by atoms with Crippen molar-refractivity contribution in [3.63, 3.8) is 0 Å². The molecule has 23 heavy (non-hydrogen) atoms. The Hall–Kier alpha value is -2.37. The molecular weight excluding hydrogens is 295 g/mol. The number of carbonyl (C=O) groups is 1. The molecule has 1 heterocycles. The van der Waals surface area contributed by atoms with Crippen LogP contribution in [0.1, 0.15) is 25.0 Å². The molecule has 0 saturated heterocycles. The second-order valence-electron chi connectivity index (χ2n) is 6.19. The molecule has 1 aromatic heterocycles. The van der Waals surface area contributed by atoms with Crippen LogP contribution in [0, 0.1) is 18.7 Å². The van der Waals surface area contributed by atoms with E-state index in [1.54, 1.807) is 34.8 Å². The van der Waals surface area contributed by atoms with Crippen LogP contribution in [0.3, 0.4) is 0 Å². The number of halogens is 1. The van der Waals surface area contributed by atoms with Crippen molar-refractivity contribution in [2.75, 3.05) is 11.9 Å². The molecule has 2 rings (SSSR count). The van der Waals surface area contributed by atoms with Crippen LogP contribution in [0.5, 0.6) is 0 Å². The summed E-state index contributed by atoms with van der Waals surface area (Å²) < 4.78 is 15.0. The fourth-order valence-corrected chi connectivity index (χ4v) is 2.36. The number of urea groups is 1. The van der Waals surface area contributed by atoms with E-state index in [0.29, 0.717) is 30.3 Å². The van der Waals surface area contributed by atoms with Crippen molar-refractivity contribution in [2.24, 2.45) is 13.0 Å². The lowest BCUT2D eigenvalue weighted by Crippen LogP contribution is -2.37. The third kappa shape index (κ3) is 4.81. The van der Waals surface area contributed by atoms with Crippen molar-refractivity contribution >= 4 is 11.7 Å². The molecule has 1 N–H and O–H groups in total. The molecule has 6 heteroatoms. The number of hydrogen-bond donors (Lipinski definition) is 1. The standard InChI is InChI=1S/C17H23FN4O/c1-12(2)9-22(11-14-8-19-21(4)10-14)17(23)20-15-5-6-16(18)13(3)7-15/h5-8,10,12H,9,11H2,1-4H3,(H,20,23). The monoisotopic (exact) mass is 318 g/mol. The third-order valence-corrected chi connectivity index (χ3v) is 3.41. The number of anilines is 1. The number of hydrogen-bond acceptors (Lipinski definition) is 2. The van der Waals surface area contributed by atoms with Crippen molar-refractivity contribution in [2.45, 2.75) is 27.3 Å². The zero-order valence-electron chi connectivity index (χ0n) is 14.0. The summed E-state index contributed by atoms with van der Waals surface area (Å²) in [5.41, 5.74) is 2.07. The van der Waals surface area contributed by atoms with Gasteiger partial charge >= 0.3 is 6.03 Å². The number of carbonyl (C=O) groups excluding carboxylic acids is 1. The lowest BCUT2D eigenvalue weighted by Gasteiger charge is -2.24. The first kappa shape index (κ1) is 17.0. The van der Waals surface area contributed by atoms with Crippen molar-refractivity contribution in [3.8, 4) is 0 Å². The highest BCUT2D eigenvalue weighted by Crippen LogP contribution is 2.15. The Balaban J connectivity index is 2.10. The van der Waals surface area contributed by atoms with E-state index in [9.17, 15) is 9.18 Å². The first-order valence-electron chi connectivity index (χ1n) is 7.64. The van der Waals surface area contributed by atoms with Gasteiger partial charge < -0.3 is 10.2 Å². The highest BCUT2D eigenvalue weighted by atomic mass is 19.1. The Morgan fingerprint density at radius 2 is 2.17 bits per heavy atom. The second kappa shape index (κ2) is 7.26. The number of benzene rings is 1. The number of rotatable bonds is 5. The Morgan fingerprint density at radius 1 is 1.43 bits per heavy atom. The average molecular weight is 318 g/mol. The van der Waals surface area contributed by atoms with Crippen LogP contribution < -0.4 is 5.32 Å². The van der Waals surface area contributed by atoms with Gasteiger partial charge in [-0.05, 0) is 36.6 Å². The molecular formula is C17H23FN4O. The van der Waals surface area contributed by atoms with E-state index >= 15 is 0 Å². The summed E-state index contributed by atoms with van der Waals surface area (Å²) in [5.74, 6) is 0.0600. The zero-order valence-corrected chi connectivity index (χ0v) is 14.0. The number of nitrogens with one attached hydrogen (secondary N) is 1. The number of nitrogens with zero attached hydrogens (tertiary/aromatic N) is 3. The maximum absolute atomic E-state index is 13.3. The van der Waals surface area contributed by atoms with E-state index in [0.717, 1.165) is 5.56 Å². The fraction of sp³-hybridized carbons (Fsp3) is 0.412. The second-order valence-corrected chi connectivity index (χ2v) is 6.19. The van der Waals surface area contributed by atoms with Crippen LogP contribution in [-0.4, -0.2) is 27.3 Å². The molecule has 0 radical (unpaired) electrons. The van der Waals surface area contributed by atoms with E-state index in [2.05, 4.69) is 24.3 Å². The molecule has 0 unspecified atom stereocenters. The van der Waals surface area contributed by atoms with Gasteiger partial charge in [-0.3, -0.25) is 4.68 Å². The van der Waals surface area contributed by atoms with Crippen LogP contribution in [0.15, 0.2) is 30.6 Å². The van der Waals surface area contributed by atoms with Gasteiger partial charge in [-0.1, -0.05) is 13.8 Å². The number of amides is 2. The van der Waals surface area contributed by atoms with Crippen molar-refractivity contribution in [1.82, 2.24) is 14.7 Å². The van der Waals surface area contributed by atoms with Gasteiger partial charge in [0.1, 0.15) is 5.82 Å². The SMILES string of the molecule is Cc1cc(NC(=O)N(Cc2cnn(C)c2)CC(C)C)ccc1F. The lowest BCUT2D eigenvalue weighted by atomic mass is 10.2. The van der Waals surface area contributed by atoms with Crippen LogP contribution in [0.4, 0.5) is 14.9 Å². The molecule has 0 aliphatic rings. The molecule has 0 spiro atoms. The molecule has 1 aromatic carbocycles. The highest BCUT2D eigenvalue weighted by molar-refractivity contribution is 5.89. The van der Waals surface area contributed by atoms with Gasteiger partial charge in [0, 0.05) is 31.0 Å². The number of aromatic nitrogens is 2.